The zero-order valence-electron chi connectivity index (χ0n) is 15.1. The minimum atomic E-state index is -0.310. The first kappa shape index (κ1) is 19.8. The molecular formula is C20H25F2N3OS+2. The second-order valence-electron chi connectivity index (χ2n) is 6.78. The fourth-order valence-electron chi connectivity index (χ4n) is 3.19. The summed E-state index contributed by atoms with van der Waals surface area (Å²) in [6.45, 7) is 5.53. The SMILES string of the molecule is O=C(C[NH+]1CC[NH+](CCSc2ccc(F)cc2)CC1)Nc1ccc(F)cc1. The molecule has 4 nitrogen and oxygen atoms in total. The van der Waals surface area contributed by atoms with Gasteiger partial charge >= 0.3 is 0 Å². The molecule has 1 amide bonds. The number of thioether (sulfide) groups is 1. The summed E-state index contributed by atoms with van der Waals surface area (Å²) >= 11 is 1.75. The molecule has 2 aromatic carbocycles. The van der Waals surface area contributed by atoms with Crippen molar-refractivity contribution in [3.63, 3.8) is 0 Å². The summed E-state index contributed by atoms with van der Waals surface area (Å²) in [5.74, 6) is 0.455. The van der Waals surface area contributed by atoms with Crippen molar-refractivity contribution in [2.45, 2.75) is 4.90 Å². The Morgan fingerprint density at radius 3 is 2.07 bits per heavy atom. The van der Waals surface area contributed by atoms with Crippen LogP contribution in [0.15, 0.2) is 53.4 Å². The molecule has 1 heterocycles. The first-order valence-electron chi connectivity index (χ1n) is 9.19. The third-order valence-electron chi connectivity index (χ3n) is 4.74. The van der Waals surface area contributed by atoms with Gasteiger partial charge < -0.3 is 15.1 Å². The molecule has 1 aliphatic heterocycles. The van der Waals surface area contributed by atoms with E-state index < -0.39 is 0 Å². The number of amides is 1. The van der Waals surface area contributed by atoms with E-state index in [1.54, 1.807) is 28.8 Å². The van der Waals surface area contributed by atoms with Gasteiger partial charge in [-0.15, -0.1) is 11.8 Å². The molecule has 0 bridgehead atoms. The molecule has 27 heavy (non-hydrogen) atoms. The van der Waals surface area contributed by atoms with Crippen molar-refractivity contribution in [3.8, 4) is 0 Å². The summed E-state index contributed by atoms with van der Waals surface area (Å²) in [6, 6.07) is 12.5. The number of benzene rings is 2. The summed E-state index contributed by atoms with van der Waals surface area (Å²) in [5.41, 5.74) is 0.628. The van der Waals surface area contributed by atoms with Crippen LogP contribution in [0.5, 0.6) is 0 Å². The molecule has 0 unspecified atom stereocenters. The molecule has 0 aromatic heterocycles. The lowest BCUT2D eigenvalue weighted by Crippen LogP contribution is -3.28. The average Bonchev–Trinajstić information content (AvgIpc) is 2.67. The minimum Gasteiger partial charge on any atom is -0.325 e. The van der Waals surface area contributed by atoms with Crippen LogP contribution in [-0.4, -0.2) is 50.9 Å². The van der Waals surface area contributed by atoms with E-state index in [0.717, 1.165) is 43.4 Å². The second-order valence-corrected chi connectivity index (χ2v) is 7.95. The third kappa shape index (κ3) is 6.61. The normalized spacial score (nSPS) is 19.6. The fraction of sp³-hybridized carbons (Fsp3) is 0.350. The highest BCUT2D eigenvalue weighted by Gasteiger charge is 2.24. The maximum absolute atomic E-state index is 12.9. The molecule has 2 aromatic rings. The van der Waals surface area contributed by atoms with Crippen LogP contribution in [0.25, 0.3) is 0 Å². The zero-order valence-corrected chi connectivity index (χ0v) is 16.0. The number of nitrogens with one attached hydrogen (secondary N) is 3. The predicted molar refractivity (Wildman–Crippen MR) is 103 cm³/mol. The van der Waals surface area contributed by atoms with Gasteiger partial charge in [-0.25, -0.2) is 8.78 Å². The van der Waals surface area contributed by atoms with Gasteiger partial charge in [0.1, 0.15) is 37.8 Å². The van der Waals surface area contributed by atoms with Gasteiger partial charge in [0.2, 0.25) is 0 Å². The molecule has 7 heteroatoms. The maximum atomic E-state index is 12.9. The summed E-state index contributed by atoms with van der Waals surface area (Å²) in [7, 11) is 0. The topological polar surface area (TPSA) is 38.0 Å². The molecule has 1 fully saturated rings. The Labute approximate surface area is 162 Å². The average molecular weight is 394 g/mol. The molecule has 0 saturated carbocycles. The number of carbonyl (C=O) groups is 1. The monoisotopic (exact) mass is 393 g/mol. The number of anilines is 1. The number of hydrogen-bond donors (Lipinski definition) is 3. The van der Waals surface area contributed by atoms with Gasteiger partial charge in [-0.1, -0.05) is 0 Å². The molecule has 0 radical (unpaired) electrons. The number of piperazine rings is 1. The molecule has 3 N–H and O–H groups in total. The predicted octanol–water partition coefficient (Wildman–Crippen LogP) is 0.479. The van der Waals surface area contributed by atoms with Crippen LogP contribution in [0.2, 0.25) is 0 Å². The van der Waals surface area contributed by atoms with E-state index in [1.165, 1.54) is 29.2 Å². The molecule has 0 atom stereocenters. The Balaban J connectivity index is 1.33. The number of quaternary nitrogens is 2. The highest BCUT2D eigenvalue weighted by molar-refractivity contribution is 7.99. The molecular weight excluding hydrogens is 368 g/mol. The van der Waals surface area contributed by atoms with Gasteiger partial charge in [-0.3, -0.25) is 4.79 Å². The first-order valence-corrected chi connectivity index (χ1v) is 10.2. The van der Waals surface area contributed by atoms with Gasteiger partial charge in [0.25, 0.3) is 5.91 Å². The fourth-order valence-corrected chi connectivity index (χ4v) is 4.15. The van der Waals surface area contributed by atoms with Crippen molar-refractivity contribution in [3.05, 3.63) is 60.2 Å². The molecule has 1 saturated heterocycles. The molecule has 3 rings (SSSR count). The zero-order chi connectivity index (χ0) is 19.1. The van der Waals surface area contributed by atoms with Crippen molar-refractivity contribution in [1.82, 2.24) is 0 Å². The summed E-state index contributed by atoms with van der Waals surface area (Å²) in [5, 5.41) is 2.82. The van der Waals surface area contributed by atoms with Gasteiger partial charge in [-0.2, -0.15) is 0 Å². The van der Waals surface area contributed by atoms with E-state index in [2.05, 4.69) is 5.32 Å². The summed E-state index contributed by atoms with van der Waals surface area (Å²) < 4.78 is 25.8. The minimum absolute atomic E-state index is 0.0353. The van der Waals surface area contributed by atoms with E-state index in [4.69, 9.17) is 0 Å². The Bertz CT molecular complexity index is 732. The van der Waals surface area contributed by atoms with Crippen LogP contribution < -0.4 is 15.1 Å². The largest absolute Gasteiger partial charge is 0.325 e. The second kappa shape index (κ2) is 9.82. The molecule has 0 spiro atoms. The highest BCUT2D eigenvalue weighted by atomic mass is 32.2. The summed E-state index contributed by atoms with van der Waals surface area (Å²) in [4.78, 5) is 16.1. The van der Waals surface area contributed by atoms with Crippen LogP contribution in [-0.2, 0) is 4.79 Å². The van der Waals surface area contributed by atoms with Crippen molar-refractivity contribution in [2.24, 2.45) is 0 Å². The van der Waals surface area contributed by atoms with Crippen LogP contribution in [0.1, 0.15) is 0 Å². The van der Waals surface area contributed by atoms with Crippen LogP contribution in [0, 0.1) is 11.6 Å². The van der Waals surface area contributed by atoms with Crippen LogP contribution in [0.4, 0.5) is 14.5 Å². The highest BCUT2D eigenvalue weighted by Crippen LogP contribution is 2.16. The Hall–Kier alpha value is -1.96. The van der Waals surface area contributed by atoms with Crippen LogP contribution >= 0.6 is 11.8 Å². The van der Waals surface area contributed by atoms with E-state index in [9.17, 15) is 13.6 Å². The number of rotatable bonds is 7. The van der Waals surface area contributed by atoms with Gasteiger partial charge in [0.05, 0.1) is 6.54 Å². The van der Waals surface area contributed by atoms with E-state index in [-0.39, 0.29) is 17.5 Å². The quantitative estimate of drug-likeness (QED) is 0.599. The van der Waals surface area contributed by atoms with Crippen molar-refractivity contribution in [1.29, 1.82) is 0 Å². The molecule has 144 valence electrons. The number of carbonyl (C=O) groups excluding carboxylic acids is 1. The van der Waals surface area contributed by atoms with Crippen molar-refractivity contribution >= 4 is 23.4 Å². The maximum Gasteiger partial charge on any atom is 0.279 e. The van der Waals surface area contributed by atoms with Gasteiger partial charge in [0.15, 0.2) is 6.54 Å². The standard InChI is InChI=1S/C20H23F2N3OS/c21-16-1-5-18(6-2-16)23-20(26)15-25-11-9-24(10-12-25)13-14-27-19-7-3-17(22)4-8-19/h1-8H,9-15H2,(H,23,26)/p+2. The lowest BCUT2D eigenvalue weighted by Gasteiger charge is -2.29. The van der Waals surface area contributed by atoms with Gasteiger partial charge in [0, 0.05) is 16.3 Å². The molecule has 1 aliphatic rings. The lowest BCUT2D eigenvalue weighted by atomic mass is 10.3. The Morgan fingerprint density at radius 1 is 0.889 bits per heavy atom. The van der Waals surface area contributed by atoms with E-state index in [0.29, 0.717) is 12.2 Å². The smallest absolute Gasteiger partial charge is 0.279 e. The van der Waals surface area contributed by atoms with E-state index >= 15 is 0 Å². The van der Waals surface area contributed by atoms with Gasteiger partial charge in [-0.05, 0) is 48.5 Å². The Kier molecular flexibility index (Phi) is 7.20. The van der Waals surface area contributed by atoms with Crippen LogP contribution in [0.3, 0.4) is 0 Å². The third-order valence-corrected chi connectivity index (χ3v) is 5.75. The first-order chi connectivity index (χ1) is 13.1. The Morgan fingerprint density at radius 2 is 1.44 bits per heavy atom. The van der Waals surface area contributed by atoms with E-state index in [1.807, 2.05) is 12.1 Å². The molecule has 0 aliphatic carbocycles. The number of hydrogen-bond acceptors (Lipinski definition) is 2. The van der Waals surface area contributed by atoms with Crippen molar-refractivity contribution < 1.29 is 23.4 Å². The lowest BCUT2D eigenvalue weighted by molar-refractivity contribution is -1.01. The van der Waals surface area contributed by atoms with Crippen molar-refractivity contribution in [2.75, 3.05) is 50.3 Å². The number of halogens is 2. The summed E-state index contributed by atoms with van der Waals surface area (Å²) in [6.07, 6.45) is 0.